The number of pyridine rings is 1. The molecule has 1 aromatic carbocycles. The third kappa shape index (κ3) is 2.48. The van der Waals surface area contributed by atoms with E-state index in [1.165, 1.54) is 11.1 Å². The van der Waals surface area contributed by atoms with Gasteiger partial charge in [-0.05, 0) is 36.1 Å². The summed E-state index contributed by atoms with van der Waals surface area (Å²) in [6, 6.07) is 13.8. The molecule has 0 saturated carbocycles. The van der Waals surface area contributed by atoms with Crippen molar-refractivity contribution in [2.45, 2.75) is 18.9 Å². The number of nitrogens with zero attached hydrogens (tertiary/aromatic N) is 3. The minimum absolute atomic E-state index is 0.0900. The lowest BCUT2D eigenvalue weighted by Gasteiger charge is -2.24. The van der Waals surface area contributed by atoms with Crippen molar-refractivity contribution in [1.29, 1.82) is 0 Å². The minimum atomic E-state index is -0.129. The van der Waals surface area contributed by atoms with Crippen LogP contribution in [0.5, 0.6) is 0 Å². The SMILES string of the molecule is CN(C(=O)c1cc(-c2cccnc2)on1)C1CCc2ccccc21. The minimum Gasteiger partial charge on any atom is -0.355 e. The maximum Gasteiger partial charge on any atom is 0.276 e. The van der Waals surface area contributed by atoms with Crippen LogP contribution in [0.3, 0.4) is 0 Å². The van der Waals surface area contributed by atoms with Crippen molar-refractivity contribution < 1.29 is 9.32 Å². The average Bonchev–Trinajstić information content (AvgIpc) is 3.28. The van der Waals surface area contributed by atoms with Crippen molar-refractivity contribution in [3.63, 3.8) is 0 Å². The molecule has 0 N–H and O–H groups in total. The molecule has 1 amide bonds. The summed E-state index contributed by atoms with van der Waals surface area (Å²) in [5.41, 5.74) is 3.67. The van der Waals surface area contributed by atoms with Crippen molar-refractivity contribution in [2.75, 3.05) is 7.05 Å². The zero-order chi connectivity index (χ0) is 16.5. The van der Waals surface area contributed by atoms with Gasteiger partial charge in [-0.15, -0.1) is 0 Å². The van der Waals surface area contributed by atoms with Gasteiger partial charge >= 0.3 is 0 Å². The number of aryl methyl sites for hydroxylation is 1. The molecular weight excluding hydrogens is 302 g/mol. The fourth-order valence-electron chi connectivity index (χ4n) is 3.28. The Morgan fingerprint density at radius 2 is 2.12 bits per heavy atom. The third-order valence-corrected chi connectivity index (χ3v) is 4.56. The first kappa shape index (κ1) is 14.6. The number of rotatable bonds is 3. The number of hydrogen-bond donors (Lipinski definition) is 0. The Hall–Kier alpha value is -2.95. The van der Waals surface area contributed by atoms with Gasteiger partial charge in [0.1, 0.15) is 0 Å². The van der Waals surface area contributed by atoms with E-state index in [1.54, 1.807) is 23.4 Å². The summed E-state index contributed by atoms with van der Waals surface area (Å²) < 4.78 is 5.32. The molecule has 0 aliphatic heterocycles. The van der Waals surface area contributed by atoms with E-state index >= 15 is 0 Å². The molecule has 4 rings (SSSR count). The Morgan fingerprint density at radius 1 is 1.25 bits per heavy atom. The van der Waals surface area contributed by atoms with Crippen LogP contribution in [0, 0.1) is 0 Å². The monoisotopic (exact) mass is 319 g/mol. The fraction of sp³-hybridized carbons (Fsp3) is 0.211. The molecule has 0 bridgehead atoms. The zero-order valence-electron chi connectivity index (χ0n) is 13.3. The van der Waals surface area contributed by atoms with Crippen LogP contribution >= 0.6 is 0 Å². The van der Waals surface area contributed by atoms with Gasteiger partial charge in [-0.1, -0.05) is 29.4 Å². The lowest BCUT2D eigenvalue weighted by Crippen LogP contribution is -2.30. The predicted molar refractivity (Wildman–Crippen MR) is 89.3 cm³/mol. The summed E-state index contributed by atoms with van der Waals surface area (Å²) in [4.78, 5) is 18.6. The third-order valence-electron chi connectivity index (χ3n) is 4.56. The quantitative estimate of drug-likeness (QED) is 0.741. The zero-order valence-corrected chi connectivity index (χ0v) is 13.3. The molecule has 5 heteroatoms. The highest BCUT2D eigenvalue weighted by molar-refractivity contribution is 5.93. The van der Waals surface area contributed by atoms with Crippen molar-refractivity contribution in [3.8, 4) is 11.3 Å². The topological polar surface area (TPSA) is 59.2 Å². The molecule has 1 aliphatic rings. The van der Waals surface area contributed by atoms with E-state index in [0.717, 1.165) is 18.4 Å². The molecule has 0 radical (unpaired) electrons. The van der Waals surface area contributed by atoms with Gasteiger partial charge < -0.3 is 9.42 Å². The van der Waals surface area contributed by atoms with Crippen LogP contribution in [0.25, 0.3) is 11.3 Å². The van der Waals surface area contributed by atoms with E-state index in [1.807, 2.05) is 31.3 Å². The first-order chi connectivity index (χ1) is 11.7. The molecule has 2 heterocycles. The van der Waals surface area contributed by atoms with E-state index in [-0.39, 0.29) is 11.9 Å². The smallest absolute Gasteiger partial charge is 0.276 e. The Labute approximate surface area is 139 Å². The standard InChI is InChI=1S/C19H17N3O2/c1-22(17-9-8-13-5-2-3-7-15(13)17)19(23)16-11-18(24-21-16)14-6-4-10-20-12-14/h2-7,10-12,17H,8-9H2,1H3. The van der Waals surface area contributed by atoms with Gasteiger partial charge in [0.05, 0.1) is 6.04 Å². The number of carbonyl (C=O) groups is 1. The second kappa shape index (κ2) is 5.92. The molecule has 1 atom stereocenters. The normalized spacial score (nSPS) is 16.0. The van der Waals surface area contributed by atoms with Gasteiger partial charge in [0.15, 0.2) is 11.5 Å². The van der Waals surface area contributed by atoms with Gasteiger partial charge in [-0.25, -0.2) is 0 Å². The van der Waals surface area contributed by atoms with Crippen LogP contribution in [0.4, 0.5) is 0 Å². The van der Waals surface area contributed by atoms with Crippen LogP contribution in [0.1, 0.15) is 34.1 Å². The number of benzene rings is 1. The molecular formula is C19H17N3O2. The maximum atomic E-state index is 12.8. The van der Waals surface area contributed by atoms with E-state index in [9.17, 15) is 4.79 Å². The fourth-order valence-corrected chi connectivity index (χ4v) is 3.28. The average molecular weight is 319 g/mol. The van der Waals surface area contributed by atoms with Crippen LogP contribution in [-0.2, 0) is 6.42 Å². The summed E-state index contributed by atoms with van der Waals surface area (Å²) in [5.74, 6) is 0.419. The highest BCUT2D eigenvalue weighted by Gasteiger charge is 2.30. The molecule has 0 spiro atoms. The number of amides is 1. The Balaban J connectivity index is 1.57. The first-order valence-corrected chi connectivity index (χ1v) is 7.96. The van der Waals surface area contributed by atoms with E-state index in [2.05, 4.69) is 22.3 Å². The van der Waals surface area contributed by atoms with E-state index in [0.29, 0.717) is 11.5 Å². The molecule has 5 nitrogen and oxygen atoms in total. The van der Waals surface area contributed by atoms with Crippen molar-refractivity contribution in [3.05, 3.63) is 71.7 Å². The predicted octanol–water partition coefficient (Wildman–Crippen LogP) is 3.50. The van der Waals surface area contributed by atoms with Crippen molar-refractivity contribution in [1.82, 2.24) is 15.0 Å². The van der Waals surface area contributed by atoms with Crippen LogP contribution in [0.15, 0.2) is 59.4 Å². The largest absolute Gasteiger partial charge is 0.355 e. The molecule has 0 fully saturated rings. The van der Waals surface area contributed by atoms with E-state index in [4.69, 9.17) is 4.52 Å². The molecule has 1 aliphatic carbocycles. The number of aromatic nitrogens is 2. The summed E-state index contributed by atoms with van der Waals surface area (Å²) in [7, 11) is 1.83. The Bertz CT molecular complexity index is 873. The lowest BCUT2D eigenvalue weighted by molar-refractivity contribution is 0.0720. The van der Waals surface area contributed by atoms with Gasteiger partial charge in [0, 0.05) is 31.1 Å². The molecule has 120 valence electrons. The number of carbonyl (C=O) groups excluding carboxylic acids is 1. The molecule has 0 saturated heterocycles. The van der Waals surface area contributed by atoms with Gasteiger partial charge in [-0.2, -0.15) is 0 Å². The second-order valence-electron chi connectivity index (χ2n) is 5.99. The Kier molecular flexibility index (Phi) is 3.61. The van der Waals surface area contributed by atoms with Gasteiger partial charge in [-0.3, -0.25) is 9.78 Å². The molecule has 3 aromatic rings. The van der Waals surface area contributed by atoms with Gasteiger partial charge in [0.2, 0.25) is 0 Å². The summed E-state index contributed by atoms with van der Waals surface area (Å²) >= 11 is 0. The van der Waals surface area contributed by atoms with Crippen LogP contribution in [0.2, 0.25) is 0 Å². The maximum absolute atomic E-state index is 12.8. The van der Waals surface area contributed by atoms with Gasteiger partial charge in [0.25, 0.3) is 5.91 Å². The van der Waals surface area contributed by atoms with Crippen LogP contribution < -0.4 is 0 Å². The lowest BCUT2D eigenvalue weighted by atomic mass is 10.1. The van der Waals surface area contributed by atoms with Crippen molar-refractivity contribution >= 4 is 5.91 Å². The highest BCUT2D eigenvalue weighted by atomic mass is 16.5. The number of hydrogen-bond acceptors (Lipinski definition) is 4. The van der Waals surface area contributed by atoms with Crippen molar-refractivity contribution in [2.24, 2.45) is 0 Å². The summed E-state index contributed by atoms with van der Waals surface area (Å²) in [5, 5.41) is 3.95. The summed E-state index contributed by atoms with van der Waals surface area (Å²) in [6.45, 7) is 0. The number of fused-ring (bicyclic) bond motifs is 1. The highest BCUT2D eigenvalue weighted by Crippen LogP contribution is 2.35. The van der Waals surface area contributed by atoms with E-state index < -0.39 is 0 Å². The van der Waals surface area contributed by atoms with Crippen LogP contribution in [-0.4, -0.2) is 28.0 Å². The Morgan fingerprint density at radius 3 is 2.96 bits per heavy atom. The summed E-state index contributed by atoms with van der Waals surface area (Å²) in [6.07, 6.45) is 5.32. The molecule has 1 unspecified atom stereocenters. The molecule has 2 aromatic heterocycles. The first-order valence-electron chi connectivity index (χ1n) is 7.96. The second-order valence-corrected chi connectivity index (χ2v) is 5.99. The molecule has 24 heavy (non-hydrogen) atoms.